The minimum atomic E-state index is -0.215. The smallest absolute Gasteiger partial charge is 0.269 e. The van der Waals surface area contributed by atoms with Gasteiger partial charge >= 0.3 is 0 Å². The van der Waals surface area contributed by atoms with Crippen LogP contribution in [0.3, 0.4) is 0 Å². The van der Waals surface area contributed by atoms with Crippen molar-refractivity contribution in [1.82, 2.24) is 25.2 Å². The number of nitrogens with one attached hydrogen (secondary N) is 2. The minimum Gasteiger partial charge on any atom is -0.491 e. The third kappa shape index (κ3) is 5.27. The monoisotopic (exact) mass is 421 g/mol. The standard InChI is InChI=1S/C23H27N5O3/c1-24-23(30)20-9-8-17(14-25-20)31-12-11-28-10-4-5-16(15-28)13-21-26-19-7-3-2-6-18(19)22(29)27-21/h2-3,6-9,14,16H,4-5,10-13,15H2,1H3,(H,24,30)(H,26,27,29). The highest BCUT2D eigenvalue weighted by Crippen LogP contribution is 2.20. The zero-order chi connectivity index (χ0) is 21.6. The Morgan fingerprint density at radius 2 is 2.16 bits per heavy atom. The lowest BCUT2D eigenvalue weighted by Crippen LogP contribution is -2.39. The molecule has 0 saturated carbocycles. The van der Waals surface area contributed by atoms with E-state index in [0.717, 1.165) is 50.2 Å². The lowest BCUT2D eigenvalue weighted by Gasteiger charge is -2.32. The van der Waals surface area contributed by atoms with Crippen LogP contribution < -0.4 is 15.6 Å². The van der Waals surface area contributed by atoms with Gasteiger partial charge in [0.1, 0.15) is 23.9 Å². The molecule has 8 heteroatoms. The highest BCUT2D eigenvalue weighted by Gasteiger charge is 2.21. The molecule has 1 amide bonds. The Balaban J connectivity index is 1.29. The van der Waals surface area contributed by atoms with E-state index in [-0.39, 0.29) is 11.5 Å². The molecule has 31 heavy (non-hydrogen) atoms. The van der Waals surface area contributed by atoms with Crippen molar-refractivity contribution in [2.24, 2.45) is 5.92 Å². The number of pyridine rings is 1. The fraction of sp³-hybridized carbons (Fsp3) is 0.391. The van der Waals surface area contributed by atoms with Crippen LogP contribution in [0, 0.1) is 5.92 Å². The second-order valence-electron chi connectivity index (χ2n) is 7.85. The first-order valence-electron chi connectivity index (χ1n) is 10.6. The summed E-state index contributed by atoms with van der Waals surface area (Å²) in [5.41, 5.74) is 1.05. The van der Waals surface area contributed by atoms with Gasteiger partial charge in [-0.05, 0) is 49.6 Å². The zero-order valence-electron chi connectivity index (χ0n) is 17.6. The second-order valence-corrected chi connectivity index (χ2v) is 7.85. The zero-order valence-corrected chi connectivity index (χ0v) is 17.6. The van der Waals surface area contributed by atoms with Crippen molar-refractivity contribution >= 4 is 16.8 Å². The molecule has 8 nitrogen and oxygen atoms in total. The van der Waals surface area contributed by atoms with Crippen molar-refractivity contribution in [3.8, 4) is 5.75 Å². The molecule has 1 aliphatic rings. The Kier molecular flexibility index (Phi) is 6.57. The number of benzene rings is 1. The van der Waals surface area contributed by atoms with E-state index >= 15 is 0 Å². The van der Waals surface area contributed by atoms with Gasteiger partial charge in [-0.15, -0.1) is 0 Å². The number of likely N-dealkylation sites (tertiary alicyclic amines) is 1. The summed E-state index contributed by atoms with van der Waals surface area (Å²) >= 11 is 0. The summed E-state index contributed by atoms with van der Waals surface area (Å²) in [6.07, 6.45) is 4.58. The van der Waals surface area contributed by atoms with Gasteiger partial charge in [0.15, 0.2) is 0 Å². The molecule has 1 unspecified atom stereocenters. The Hall–Kier alpha value is -3.26. The molecular weight excluding hydrogens is 394 g/mol. The number of aromatic nitrogens is 3. The van der Waals surface area contributed by atoms with E-state index in [0.29, 0.717) is 29.4 Å². The molecule has 0 radical (unpaired) electrons. The van der Waals surface area contributed by atoms with Crippen LogP contribution in [-0.4, -0.2) is 59.0 Å². The number of carbonyl (C=O) groups excluding carboxylic acids is 1. The third-order valence-corrected chi connectivity index (χ3v) is 5.62. The van der Waals surface area contributed by atoms with Crippen LogP contribution in [0.4, 0.5) is 0 Å². The van der Waals surface area contributed by atoms with Crippen molar-refractivity contribution in [3.05, 3.63) is 64.5 Å². The average Bonchev–Trinajstić information content (AvgIpc) is 2.79. The molecule has 2 N–H and O–H groups in total. The molecule has 2 aromatic heterocycles. The summed E-state index contributed by atoms with van der Waals surface area (Å²) in [5, 5.41) is 3.18. The van der Waals surface area contributed by atoms with Crippen molar-refractivity contribution in [2.75, 3.05) is 33.3 Å². The van der Waals surface area contributed by atoms with E-state index < -0.39 is 0 Å². The van der Waals surface area contributed by atoms with Gasteiger partial charge in [0, 0.05) is 26.6 Å². The van der Waals surface area contributed by atoms with E-state index in [1.54, 1.807) is 31.4 Å². The molecule has 3 aromatic rings. The second kappa shape index (κ2) is 9.70. The highest BCUT2D eigenvalue weighted by molar-refractivity contribution is 5.91. The summed E-state index contributed by atoms with van der Waals surface area (Å²) in [6, 6.07) is 10.9. The molecule has 0 spiro atoms. The summed E-state index contributed by atoms with van der Waals surface area (Å²) in [4.78, 5) is 38.0. The number of nitrogens with zero attached hydrogens (tertiary/aromatic N) is 3. The van der Waals surface area contributed by atoms with Gasteiger partial charge in [0.05, 0.1) is 17.1 Å². The van der Waals surface area contributed by atoms with Gasteiger partial charge in [0.25, 0.3) is 11.5 Å². The lowest BCUT2D eigenvalue weighted by atomic mass is 9.94. The first-order chi connectivity index (χ1) is 15.1. The molecule has 0 aliphatic carbocycles. The summed E-state index contributed by atoms with van der Waals surface area (Å²) in [6.45, 7) is 3.36. The van der Waals surface area contributed by atoms with Gasteiger partial charge in [-0.3, -0.25) is 14.5 Å². The number of aromatic amines is 1. The highest BCUT2D eigenvalue weighted by atomic mass is 16.5. The normalized spacial score (nSPS) is 16.9. The molecule has 4 rings (SSSR count). The summed E-state index contributed by atoms with van der Waals surface area (Å²) < 4.78 is 5.80. The van der Waals surface area contributed by atoms with Crippen LogP contribution in [0.15, 0.2) is 47.4 Å². The van der Waals surface area contributed by atoms with Crippen LogP contribution in [0.5, 0.6) is 5.75 Å². The molecule has 0 bridgehead atoms. The van der Waals surface area contributed by atoms with Crippen LogP contribution in [0.2, 0.25) is 0 Å². The maximum absolute atomic E-state index is 12.3. The number of para-hydroxylation sites is 1. The fourth-order valence-corrected chi connectivity index (χ4v) is 4.05. The molecule has 162 valence electrons. The Labute approximate surface area is 180 Å². The van der Waals surface area contributed by atoms with Gasteiger partial charge in [-0.2, -0.15) is 0 Å². The number of piperidine rings is 1. The summed E-state index contributed by atoms with van der Waals surface area (Å²) in [7, 11) is 1.58. The average molecular weight is 422 g/mol. The number of carbonyl (C=O) groups is 1. The van der Waals surface area contributed by atoms with Gasteiger partial charge in [0.2, 0.25) is 0 Å². The Morgan fingerprint density at radius 3 is 2.97 bits per heavy atom. The number of H-pyrrole nitrogens is 1. The number of amides is 1. The van der Waals surface area contributed by atoms with E-state index in [1.807, 2.05) is 18.2 Å². The summed E-state index contributed by atoms with van der Waals surface area (Å²) in [5.74, 6) is 1.65. The molecular formula is C23H27N5O3. The largest absolute Gasteiger partial charge is 0.491 e. The molecule has 1 atom stereocenters. The number of fused-ring (bicyclic) bond motifs is 1. The predicted molar refractivity (Wildman–Crippen MR) is 118 cm³/mol. The number of hydrogen-bond acceptors (Lipinski definition) is 6. The Morgan fingerprint density at radius 1 is 1.29 bits per heavy atom. The molecule has 1 fully saturated rings. The number of ether oxygens (including phenoxy) is 1. The quantitative estimate of drug-likeness (QED) is 0.605. The maximum Gasteiger partial charge on any atom is 0.269 e. The first-order valence-corrected chi connectivity index (χ1v) is 10.6. The number of hydrogen-bond donors (Lipinski definition) is 2. The van der Waals surface area contributed by atoms with E-state index in [9.17, 15) is 9.59 Å². The predicted octanol–water partition coefficient (Wildman–Crippen LogP) is 2.01. The van der Waals surface area contributed by atoms with Crippen molar-refractivity contribution < 1.29 is 9.53 Å². The fourth-order valence-electron chi connectivity index (χ4n) is 4.05. The van der Waals surface area contributed by atoms with Gasteiger partial charge in [-0.1, -0.05) is 12.1 Å². The van der Waals surface area contributed by atoms with Crippen LogP contribution in [0.25, 0.3) is 10.9 Å². The first kappa shape index (κ1) is 21.0. The molecule has 1 aliphatic heterocycles. The van der Waals surface area contributed by atoms with Crippen molar-refractivity contribution in [2.45, 2.75) is 19.3 Å². The van der Waals surface area contributed by atoms with Crippen molar-refractivity contribution in [1.29, 1.82) is 0 Å². The minimum absolute atomic E-state index is 0.0716. The maximum atomic E-state index is 12.3. The number of rotatable bonds is 7. The third-order valence-electron chi connectivity index (χ3n) is 5.62. The van der Waals surface area contributed by atoms with Gasteiger partial charge in [-0.25, -0.2) is 9.97 Å². The van der Waals surface area contributed by atoms with E-state index in [1.165, 1.54) is 0 Å². The topological polar surface area (TPSA) is 100 Å². The van der Waals surface area contributed by atoms with E-state index in [2.05, 4.69) is 25.2 Å². The van der Waals surface area contributed by atoms with Crippen molar-refractivity contribution in [3.63, 3.8) is 0 Å². The molecule has 1 aromatic carbocycles. The Bertz CT molecular complexity index is 1100. The van der Waals surface area contributed by atoms with Crippen LogP contribution in [-0.2, 0) is 6.42 Å². The SMILES string of the molecule is CNC(=O)c1ccc(OCCN2CCCC(Cc3nc4ccccc4c(=O)[nH]3)C2)cn1. The lowest BCUT2D eigenvalue weighted by molar-refractivity contribution is 0.0958. The molecule has 1 saturated heterocycles. The van der Waals surface area contributed by atoms with Gasteiger partial charge < -0.3 is 15.0 Å². The molecule has 3 heterocycles. The van der Waals surface area contributed by atoms with Crippen LogP contribution >= 0.6 is 0 Å². The van der Waals surface area contributed by atoms with Crippen LogP contribution in [0.1, 0.15) is 29.2 Å². The van der Waals surface area contributed by atoms with E-state index in [4.69, 9.17) is 4.74 Å².